The van der Waals surface area contributed by atoms with Crippen molar-refractivity contribution in [2.45, 2.75) is 12.5 Å². The molecule has 0 radical (unpaired) electrons. The number of hydrazine groups is 1. The molecular weight excluding hydrogens is 290 g/mol. The van der Waals surface area contributed by atoms with Gasteiger partial charge in [-0.1, -0.05) is 29.8 Å². The summed E-state index contributed by atoms with van der Waals surface area (Å²) in [4.78, 5) is 4.46. The molecule has 3 aromatic rings. The van der Waals surface area contributed by atoms with Crippen LogP contribution in [-0.4, -0.2) is 4.98 Å². The maximum absolute atomic E-state index is 6.21. The van der Waals surface area contributed by atoms with Crippen LogP contribution in [0.25, 0.3) is 10.2 Å². The molecule has 0 bridgehead atoms. The molecule has 0 aliphatic rings. The lowest BCUT2D eigenvalue weighted by Gasteiger charge is -2.17. The van der Waals surface area contributed by atoms with Gasteiger partial charge in [-0.25, -0.2) is 0 Å². The topological polar surface area (TPSA) is 50.9 Å². The predicted octanol–water partition coefficient (Wildman–Crippen LogP) is 3.70. The summed E-state index contributed by atoms with van der Waals surface area (Å²) >= 11 is 7.89. The van der Waals surface area contributed by atoms with E-state index in [2.05, 4.69) is 16.5 Å². The Bertz CT molecular complexity index is 726. The summed E-state index contributed by atoms with van der Waals surface area (Å²) in [5.41, 5.74) is 6.02. The van der Waals surface area contributed by atoms with Crippen molar-refractivity contribution in [3.8, 4) is 0 Å². The summed E-state index contributed by atoms with van der Waals surface area (Å²) in [7, 11) is 0. The largest absolute Gasteiger partial charge is 0.271 e. The molecule has 1 unspecified atom stereocenters. The molecule has 0 spiro atoms. The van der Waals surface area contributed by atoms with Crippen LogP contribution in [0.1, 0.15) is 17.2 Å². The number of hydrogen-bond acceptors (Lipinski definition) is 4. The first-order chi connectivity index (χ1) is 9.78. The number of halogens is 1. The fourth-order valence-corrected chi connectivity index (χ4v) is 3.21. The number of hydrogen-bond donors (Lipinski definition) is 2. The average Bonchev–Trinajstić information content (AvgIpc) is 2.94. The van der Waals surface area contributed by atoms with Crippen molar-refractivity contribution in [2.75, 3.05) is 0 Å². The molecule has 0 amide bonds. The Labute approximate surface area is 126 Å². The van der Waals surface area contributed by atoms with Gasteiger partial charge in [0.2, 0.25) is 0 Å². The molecule has 0 aliphatic heterocycles. The lowest BCUT2D eigenvalue weighted by molar-refractivity contribution is 0.551. The number of aromatic nitrogens is 1. The van der Waals surface area contributed by atoms with Crippen LogP contribution in [0.4, 0.5) is 0 Å². The highest BCUT2D eigenvalue weighted by atomic mass is 35.5. The van der Waals surface area contributed by atoms with E-state index in [1.807, 2.05) is 41.9 Å². The number of rotatable bonds is 4. The van der Waals surface area contributed by atoms with E-state index >= 15 is 0 Å². The summed E-state index contributed by atoms with van der Waals surface area (Å²) in [6, 6.07) is 12.0. The Morgan fingerprint density at radius 1 is 1.30 bits per heavy atom. The first-order valence-corrected chi connectivity index (χ1v) is 7.56. The van der Waals surface area contributed by atoms with E-state index in [0.717, 1.165) is 28.1 Å². The first kappa shape index (κ1) is 13.5. The molecule has 0 aliphatic carbocycles. The third-order valence-corrected chi connectivity index (χ3v) is 4.53. The molecule has 0 saturated heterocycles. The summed E-state index contributed by atoms with van der Waals surface area (Å²) in [5, 5.41) is 2.80. The van der Waals surface area contributed by atoms with Gasteiger partial charge in [-0.15, -0.1) is 11.3 Å². The van der Waals surface area contributed by atoms with Crippen LogP contribution in [-0.2, 0) is 6.42 Å². The van der Waals surface area contributed by atoms with Gasteiger partial charge in [0.1, 0.15) is 0 Å². The van der Waals surface area contributed by atoms with E-state index in [1.165, 1.54) is 4.70 Å². The second-order valence-corrected chi connectivity index (χ2v) is 5.94. The van der Waals surface area contributed by atoms with E-state index in [9.17, 15) is 0 Å². The van der Waals surface area contributed by atoms with Gasteiger partial charge in [-0.05, 0) is 41.1 Å². The average molecular weight is 304 g/mol. The molecule has 3 nitrogen and oxygen atoms in total. The minimum atomic E-state index is -0.00565. The zero-order valence-electron chi connectivity index (χ0n) is 10.7. The van der Waals surface area contributed by atoms with E-state index in [4.69, 9.17) is 17.4 Å². The molecule has 5 heteroatoms. The summed E-state index contributed by atoms with van der Waals surface area (Å²) < 4.78 is 1.17. The van der Waals surface area contributed by atoms with Crippen molar-refractivity contribution >= 4 is 33.2 Å². The Hall–Kier alpha value is -1.46. The first-order valence-electron chi connectivity index (χ1n) is 6.30. The van der Waals surface area contributed by atoms with Crippen LogP contribution in [0.2, 0.25) is 5.02 Å². The number of benzene rings is 1. The van der Waals surface area contributed by atoms with Gasteiger partial charge in [0.05, 0.1) is 16.3 Å². The van der Waals surface area contributed by atoms with Gasteiger partial charge >= 0.3 is 0 Å². The third kappa shape index (κ3) is 2.69. The second-order valence-electron chi connectivity index (χ2n) is 4.59. The van der Waals surface area contributed by atoms with Gasteiger partial charge < -0.3 is 0 Å². The Morgan fingerprint density at radius 2 is 2.15 bits per heavy atom. The number of pyridine rings is 1. The van der Waals surface area contributed by atoms with Crippen molar-refractivity contribution in [1.29, 1.82) is 0 Å². The van der Waals surface area contributed by atoms with E-state index in [1.54, 1.807) is 11.3 Å². The standard InChI is InChI=1S/C15H14ClN3S/c16-12-4-2-1-3-10(12)7-14(19-17)11-8-15-13(18-9-11)5-6-20-15/h1-6,8-9,14,19H,7,17H2. The number of nitrogens with two attached hydrogens (primary N) is 1. The van der Waals surface area contributed by atoms with Gasteiger partial charge in [-0.2, -0.15) is 0 Å². The van der Waals surface area contributed by atoms with Gasteiger partial charge in [0.15, 0.2) is 0 Å². The van der Waals surface area contributed by atoms with Gasteiger partial charge in [-0.3, -0.25) is 16.3 Å². The summed E-state index contributed by atoms with van der Waals surface area (Å²) in [5.74, 6) is 5.70. The molecule has 2 aromatic heterocycles. The number of thiophene rings is 1. The van der Waals surface area contributed by atoms with Crippen LogP contribution < -0.4 is 11.3 Å². The van der Waals surface area contributed by atoms with E-state index in [-0.39, 0.29) is 6.04 Å². The van der Waals surface area contributed by atoms with Crippen LogP contribution in [0.15, 0.2) is 48.0 Å². The SMILES string of the molecule is NNC(Cc1ccccc1Cl)c1cnc2ccsc2c1. The van der Waals surface area contributed by atoms with Crippen molar-refractivity contribution in [2.24, 2.45) is 5.84 Å². The molecule has 0 fully saturated rings. The Balaban J connectivity index is 1.91. The fraction of sp³-hybridized carbons (Fsp3) is 0.133. The minimum absolute atomic E-state index is 0.00565. The molecule has 2 heterocycles. The molecule has 1 aromatic carbocycles. The molecule has 3 N–H and O–H groups in total. The van der Waals surface area contributed by atoms with E-state index in [0.29, 0.717) is 0 Å². The second kappa shape index (κ2) is 5.89. The lowest BCUT2D eigenvalue weighted by atomic mass is 10.0. The minimum Gasteiger partial charge on any atom is -0.271 e. The molecular formula is C15H14ClN3S. The zero-order chi connectivity index (χ0) is 13.9. The number of nitrogens with one attached hydrogen (secondary N) is 1. The molecule has 1 atom stereocenters. The molecule has 20 heavy (non-hydrogen) atoms. The van der Waals surface area contributed by atoms with Crippen LogP contribution in [0.3, 0.4) is 0 Å². The number of nitrogens with zero attached hydrogens (tertiary/aromatic N) is 1. The molecule has 3 rings (SSSR count). The van der Waals surface area contributed by atoms with Crippen molar-refractivity contribution in [1.82, 2.24) is 10.4 Å². The Kier molecular flexibility index (Phi) is 3.98. The normalized spacial score (nSPS) is 12.7. The highest BCUT2D eigenvalue weighted by Crippen LogP contribution is 2.26. The molecule has 0 saturated carbocycles. The third-order valence-electron chi connectivity index (χ3n) is 3.31. The van der Waals surface area contributed by atoms with Crippen LogP contribution >= 0.6 is 22.9 Å². The van der Waals surface area contributed by atoms with Gasteiger partial charge in [0.25, 0.3) is 0 Å². The maximum Gasteiger partial charge on any atom is 0.0809 e. The fourth-order valence-electron chi connectivity index (χ4n) is 2.21. The van der Waals surface area contributed by atoms with E-state index < -0.39 is 0 Å². The van der Waals surface area contributed by atoms with Crippen LogP contribution in [0.5, 0.6) is 0 Å². The van der Waals surface area contributed by atoms with Crippen molar-refractivity contribution in [3.05, 3.63) is 64.1 Å². The summed E-state index contributed by atoms with van der Waals surface area (Å²) in [6.45, 7) is 0. The van der Waals surface area contributed by atoms with Crippen LogP contribution in [0, 0.1) is 0 Å². The highest BCUT2D eigenvalue weighted by Gasteiger charge is 2.13. The zero-order valence-corrected chi connectivity index (χ0v) is 12.3. The van der Waals surface area contributed by atoms with Crippen molar-refractivity contribution in [3.63, 3.8) is 0 Å². The highest BCUT2D eigenvalue weighted by molar-refractivity contribution is 7.17. The Morgan fingerprint density at radius 3 is 2.95 bits per heavy atom. The quantitative estimate of drug-likeness (QED) is 0.571. The monoisotopic (exact) mass is 303 g/mol. The maximum atomic E-state index is 6.21. The number of fused-ring (bicyclic) bond motifs is 1. The lowest BCUT2D eigenvalue weighted by Crippen LogP contribution is -2.29. The van der Waals surface area contributed by atoms with Crippen molar-refractivity contribution < 1.29 is 0 Å². The molecule has 102 valence electrons. The summed E-state index contributed by atoms with van der Waals surface area (Å²) in [6.07, 6.45) is 2.60. The predicted molar refractivity (Wildman–Crippen MR) is 84.8 cm³/mol. The van der Waals surface area contributed by atoms with Gasteiger partial charge in [0, 0.05) is 11.2 Å². The smallest absolute Gasteiger partial charge is 0.0809 e.